The fourth-order valence-electron chi connectivity index (χ4n) is 2.82. The number of benzene rings is 2. The molecule has 0 bridgehead atoms. The number of esters is 1. The Balaban J connectivity index is 2.09. The molecule has 0 fully saturated rings. The standard InChI is InChI=1S/C23H24N2O5/c1-17(23(27)25(16-8-15-24)19-10-5-4-6-11-19)30-21(26)14-13-18-9-7-12-20(28-2)22(18)29-3/h4-7,9-14,17H,8,16H2,1-3H3/b14-13+. The normalized spacial score (nSPS) is 11.4. The molecule has 156 valence electrons. The van der Waals surface area contributed by atoms with E-state index in [9.17, 15) is 9.59 Å². The third-order valence-electron chi connectivity index (χ3n) is 4.25. The first-order valence-corrected chi connectivity index (χ1v) is 9.34. The summed E-state index contributed by atoms with van der Waals surface area (Å²) in [4.78, 5) is 26.5. The van der Waals surface area contributed by atoms with Crippen LogP contribution in [0.5, 0.6) is 11.5 Å². The van der Waals surface area contributed by atoms with E-state index in [0.717, 1.165) is 0 Å². The van der Waals surface area contributed by atoms with Gasteiger partial charge in [0, 0.05) is 23.9 Å². The average Bonchev–Trinajstić information content (AvgIpc) is 2.77. The van der Waals surface area contributed by atoms with E-state index in [1.165, 1.54) is 38.2 Å². The number of carbonyl (C=O) groups excluding carboxylic acids is 2. The van der Waals surface area contributed by atoms with E-state index in [1.807, 2.05) is 12.1 Å². The summed E-state index contributed by atoms with van der Waals surface area (Å²) in [5.74, 6) is -0.0568. The molecule has 0 aliphatic heterocycles. The smallest absolute Gasteiger partial charge is 0.331 e. The van der Waals surface area contributed by atoms with Gasteiger partial charge in [-0.1, -0.05) is 30.3 Å². The summed E-state index contributed by atoms with van der Waals surface area (Å²) in [7, 11) is 3.03. The lowest BCUT2D eigenvalue weighted by Gasteiger charge is -2.24. The number of nitrogens with zero attached hydrogens (tertiary/aromatic N) is 2. The highest BCUT2D eigenvalue weighted by Gasteiger charge is 2.24. The zero-order valence-corrected chi connectivity index (χ0v) is 17.2. The van der Waals surface area contributed by atoms with Crippen molar-refractivity contribution in [1.29, 1.82) is 5.26 Å². The summed E-state index contributed by atoms with van der Waals surface area (Å²) < 4.78 is 15.8. The number of para-hydroxylation sites is 2. The summed E-state index contributed by atoms with van der Waals surface area (Å²) >= 11 is 0. The SMILES string of the molecule is COc1cccc(/C=C/C(=O)OC(C)C(=O)N(CCC#N)c2ccccc2)c1OC. The second-order valence-corrected chi connectivity index (χ2v) is 6.23. The molecule has 1 amide bonds. The van der Waals surface area contributed by atoms with Crippen LogP contribution >= 0.6 is 0 Å². The Hall–Kier alpha value is -3.79. The van der Waals surface area contributed by atoms with Gasteiger partial charge in [0.25, 0.3) is 5.91 Å². The number of methoxy groups -OCH3 is 2. The summed E-state index contributed by atoms with van der Waals surface area (Å²) in [6, 6.07) is 16.2. The van der Waals surface area contributed by atoms with Crippen molar-refractivity contribution in [2.75, 3.05) is 25.7 Å². The quantitative estimate of drug-likeness (QED) is 0.465. The molecule has 0 saturated heterocycles. The summed E-state index contributed by atoms with van der Waals surface area (Å²) in [6.07, 6.45) is 1.90. The van der Waals surface area contributed by atoms with E-state index >= 15 is 0 Å². The number of nitriles is 1. The molecule has 1 unspecified atom stereocenters. The van der Waals surface area contributed by atoms with Gasteiger partial charge in [-0.15, -0.1) is 0 Å². The number of amides is 1. The summed E-state index contributed by atoms with van der Waals surface area (Å²) in [6.45, 7) is 1.71. The second kappa shape index (κ2) is 11.3. The molecule has 30 heavy (non-hydrogen) atoms. The van der Waals surface area contributed by atoms with Gasteiger partial charge >= 0.3 is 5.97 Å². The minimum Gasteiger partial charge on any atom is -0.493 e. The zero-order chi connectivity index (χ0) is 21.9. The predicted molar refractivity (Wildman–Crippen MR) is 113 cm³/mol. The fraction of sp³-hybridized carbons (Fsp3) is 0.261. The highest BCUT2D eigenvalue weighted by Crippen LogP contribution is 2.31. The fourth-order valence-corrected chi connectivity index (χ4v) is 2.82. The van der Waals surface area contributed by atoms with E-state index in [2.05, 4.69) is 0 Å². The Bertz CT molecular complexity index is 934. The first-order chi connectivity index (χ1) is 14.5. The van der Waals surface area contributed by atoms with Gasteiger partial charge in [-0.05, 0) is 31.2 Å². The highest BCUT2D eigenvalue weighted by molar-refractivity contribution is 5.98. The van der Waals surface area contributed by atoms with Crippen LogP contribution in [0.1, 0.15) is 18.9 Å². The molecule has 0 saturated carbocycles. The van der Waals surface area contributed by atoms with Crippen molar-refractivity contribution in [3.8, 4) is 17.6 Å². The lowest BCUT2D eigenvalue weighted by molar-refractivity contribution is -0.149. The number of rotatable bonds is 9. The Labute approximate surface area is 176 Å². The van der Waals surface area contributed by atoms with Crippen molar-refractivity contribution in [2.45, 2.75) is 19.4 Å². The van der Waals surface area contributed by atoms with Gasteiger partial charge < -0.3 is 19.1 Å². The minimum absolute atomic E-state index is 0.164. The molecular weight excluding hydrogens is 384 g/mol. The van der Waals surface area contributed by atoms with Crippen molar-refractivity contribution in [2.24, 2.45) is 0 Å². The molecule has 7 heteroatoms. The Morgan fingerprint density at radius 2 is 1.83 bits per heavy atom. The Morgan fingerprint density at radius 1 is 1.10 bits per heavy atom. The van der Waals surface area contributed by atoms with E-state index in [4.69, 9.17) is 19.5 Å². The molecule has 0 aliphatic carbocycles. The van der Waals surface area contributed by atoms with Crippen molar-refractivity contribution in [1.82, 2.24) is 0 Å². The molecule has 0 radical (unpaired) electrons. The second-order valence-electron chi connectivity index (χ2n) is 6.23. The van der Waals surface area contributed by atoms with Crippen LogP contribution in [0.15, 0.2) is 54.6 Å². The third-order valence-corrected chi connectivity index (χ3v) is 4.25. The molecule has 2 aromatic rings. The van der Waals surface area contributed by atoms with Crippen LogP contribution in [0, 0.1) is 11.3 Å². The molecule has 2 rings (SSSR count). The largest absolute Gasteiger partial charge is 0.493 e. The Morgan fingerprint density at radius 3 is 2.47 bits per heavy atom. The maximum Gasteiger partial charge on any atom is 0.331 e. The third kappa shape index (κ3) is 5.85. The van der Waals surface area contributed by atoms with Gasteiger partial charge in [0.05, 0.1) is 26.7 Å². The Kier molecular flexibility index (Phi) is 8.45. The van der Waals surface area contributed by atoms with Crippen molar-refractivity contribution in [3.05, 3.63) is 60.2 Å². The summed E-state index contributed by atoms with van der Waals surface area (Å²) in [5, 5.41) is 8.88. The van der Waals surface area contributed by atoms with Gasteiger partial charge in [-0.3, -0.25) is 4.79 Å². The lowest BCUT2D eigenvalue weighted by atomic mass is 10.1. The number of anilines is 1. The van der Waals surface area contributed by atoms with Crippen LogP contribution in [0.25, 0.3) is 6.08 Å². The molecule has 0 aromatic heterocycles. The molecule has 2 aromatic carbocycles. The molecular formula is C23H24N2O5. The van der Waals surface area contributed by atoms with Crippen molar-refractivity contribution in [3.63, 3.8) is 0 Å². The molecule has 0 aliphatic rings. The number of hydrogen-bond acceptors (Lipinski definition) is 6. The van der Waals surface area contributed by atoms with Crippen LogP contribution in [-0.4, -0.2) is 38.7 Å². The van der Waals surface area contributed by atoms with Crippen LogP contribution < -0.4 is 14.4 Å². The number of hydrogen-bond donors (Lipinski definition) is 0. The van der Waals surface area contributed by atoms with Gasteiger partial charge in [0.15, 0.2) is 17.6 Å². The minimum atomic E-state index is -1.02. The zero-order valence-electron chi connectivity index (χ0n) is 17.2. The first-order valence-electron chi connectivity index (χ1n) is 9.34. The van der Waals surface area contributed by atoms with Crippen molar-refractivity contribution >= 4 is 23.6 Å². The first kappa shape index (κ1) is 22.5. The number of ether oxygens (including phenoxy) is 3. The molecule has 0 heterocycles. The molecule has 7 nitrogen and oxygen atoms in total. The predicted octanol–water partition coefficient (Wildman–Crippen LogP) is 3.60. The number of carbonyl (C=O) groups is 2. The van der Waals surface area contributed by atoms with E-state index in [-0.39, 0.29) is 13.0 Å². The van der Waals surface area contributed by atoms with Crippen molar-refractivity contribution < 1.29 is 23.8 Å². The van der Waals surface area contributed by atoms with E-state index in [1.54, 1.807) is 42.5 Å². The van der Waals surface area contributed by atoms with Crippen LogP contribution in [0.4, 0.5) is 5.69 Å². The van der Waals surface area contributed by atoms with Crippen LogP contribution in [-0.2, 0) is 14.3 Å². The van der Waals surface area contributed by atoms with Crippen LogP contribution in [0.2, 0.25) is 0 Å². The molecule has 0 spiro atoms. The van der Waals surface area contributed by atoms with Gasteiger partial charge in [0.1, 0.15) is 0 Å². The van der Waals surface area contributed by atoms with E-state index in [0.29, 0.717) is 22.7 Å². The monoisotopic (exact) mass is 408 g/mol. The summed E-state index contributed by atoms with van der Waals surface area (Å²) in [5.41, 5.74) is 1.27. The molecule has 0 N–H and O–H groups in total. The average molecular weight is 408 g/mol. The van der Waals surface area contributed by atoms with Gasteiger partial charge in [-0.2, -0.15) is 5.26 Å². The van der Waals surface area contributed by atoms with Gasteiger partial charge in [0.2, 0.25) is 0 Å². The lowest BCUT2D eigenvalue weighted by Crippen LogP contribution is -2.40. The van der Waals surface area contributed by atoms with E-state index < -0.39 is 18.0 Å². The molecule has 1 atom stereocenters. The maximum atomic E-state index is 12.8. The van der Waals surface area contributed by atoms with Crippen LogP contribution in [0.3, 0.4) is 0 Å². The highest BCUT2D eigenvalue weighted by atomic mass is 16.5. The maximum absolute atomic E-state index is 12.8. The topological polar surface area (TPSA) is 88.9 Å². The van der Waals surface area contributed by atoms with Gasteiger partial charge in [-0.25, -0.2) is 4.79 Å².